The summed E-state index contributed by atoms with van der Waals surface area (Å²) in [5, 5.41) is 0. The normalized spacial score (nSPS) is 20.3. The summed E-state index contributed by atoms with van der Waals surface area (Å²) < 4.78 is 85.4. The molecule has 0 aliphatic carbocycles. The lowest BCUT2D eigenvalue weighted by molar-refractivity contribution is -0.0527. The fourth-order valence-corrected chi connectivity index (χ4v) is 11.8. The van der Waals surface area contributed by atoms with Gasteiger partial charge in [0, 0.05) is 18.6 Å². The molecule has 0 aromatic heterocycles. The van der Waals surface area contributed by atoms with Crippen LogP contribution >= 0.6 is 0 Å². The fourth-order valence-electron chi connectivity index (χ4n) is 5.61. The molecule has 41 heavy (non-hydrogen) atoms. The highest BCUT2D eigenvalue weighted by molar-refractivity contribution is 7.87. The second-order valence-electron chi connectivity index (χ2n) is 11.5. The largest absolute Gasteiger partial charge is 0.534 e. The maximum atomic E-state index is 12.8. The van der Waals surface area contributed by atoms with E-state index in [0.717, 1.165) is 67.7 Å². The molecule has 0 radical (unpaired) electrons. The zero-order valence-corrected chi connectivity index (χ0v) is 29.2. The maximum absolute atomic E-state index is 12.8. The summed E-state index contributed by atoms with van der Waals surface area (Å²) in [6, 6.07) is 6.16. The lowest BCUT2D eigenvalue weighted by atomic mass is 9.96. The van der Waals surface area contributed by atoms with Gasteiger partial charge in [-0.05, 0) is 80.4 Å². The van der Waals surface area contributed by atoms with Gasteiger partial charge in [-0.3, -0.25) is 0 Å². The van der Waals surface area contributed by atoms with Crippen LogP contribution in [-0.4, -0.2) is 55.5 Å². The van der Waals surface area contributed by atoms with Gasteiger partial charge in [-0.25, -0.2) is 0 Å². The van der Waals surface area contributed by atoms with Gasteiger partial charge in [0.2, 0.25) is 0 Å². The van der Waals surface area contributed by atoms with E-state index in [-0.39, 0.29) is 18.3 Å². The predicted octanol–water partition coefficient (Wildman–Crippen LogP) is 9.08. The molecule has 1 rings (SSSR count). The molecule has 1 saturated heterocycles. The monoisotopic (exact) mass is 644 g/mol. The molecule has 0 N–H and O–H groups in total. The van der Waals surface area contributed by atoms with Gasteiger partial charge in [0.05, 0.1) is 12.2 Å². The third-order valence-electron chi connectivity index (χ3n) is 9.08. The van der Waals surface area contributed by atoms with Crippen LogP contribution in [0.1, 0.15) is 87.0 Å². The average molecular weight is 645 g/mol. The first-order chi connectivity index (χ1) is 19.1. The highest BCUT2D eigenvalue weighted by Gasteiger charge is 2.49. The highest BCUT2D eigenvalue weighted by Crippen LogP contribution is 2.35. The van der Waals surface area contributed by atoms with Crippen LogP contribution < -0.4 is 0 Å². The van der Waals surface area contributed by atoms with Crippen LogP contribution in [0.3, 0.4) is 0 Å². The van der Waals surface area contributed by atoms with E-state index in [0.29, 0.717) is 19.3 Å². The Morgan fingerprint density at radius 3 is 2.02 bits per heavy atom. The van der Waals surface area contributed by atoms with E-state index in [1.54, 1.807) is 6.92 Å². The van der Waals surface area contributed by atoms with Crippen LogP contribution in [-0.2, 0) is 27.9 Å². The minimum absolute atomic E-state index is 0.103. The minimum Gasteiger partial charge on any atom is -0.417 e. The van der Waals surface area contributed by atoms with Gasteiger partial charge in [-0.15, -0.1) is 0 Å². The molecule has 1 aliphatic heterocycles. The third kappa shape index (κ3) is 11.4. The zero-order chi connectivity index (χ0) is 31.5. The molecule has 0 bridgehead atoms. The van der Waals surface area contributed by atoms with Crippen LogP contribution in [0.15, 0.2) is 24.5 Å². The molecule has 6 nitrogen and oxygen atoms in total. The zero-order valence-electron chi connectivity index (χ0n) is 26.4. The van der Waals surface area contributed by atoms with E-state index in [1.807, 2.05) is 0 Å². The molecule has 242 valence electrons. The van der Waals surface area contributed by atoms with Gasteiger partial charge in [0.15, 0.2) is 16.6 Å². The van der Waals surface area contributed by atoms with E-state index in [2.05, 4.69) is 58.9 Å². The van der Waals surface area contributed by atoms with Crippen molar-refractivity contribution >= 4 is 26.8 Å². The van der Waals surface area contributed by atoms with Crippen LogP contribution in [0, 0.1) is 5.92 Å². The molecule has 0 unspecified atom stereocenters. The summed E-state index contributed by atoms with van der Waals surface area (Å²) in [7, 11) is -9.41. The minimum atomic E-state index is -5.76. The van der Waals surface area contributed by atoms with E-state index < -0.39 is 43.9 Å². The van der Waals surface area contributed by atoms with Crippen molar-refractivity contribution in [2.75, 3.05) is 6.61 Å². The van der Waals surface area contributed by atoms with Crippen LogP contribution in [0.5, 0.6) is 0 Å². The standard InChI is InChI=1S/C29H55F3O6SSi2/c1-10-40(11-2,12-3)35-20-16-17-26-22-24(8)28(36-26)19-18-27(38-41(13-4,14-5)15-6)21-23(7)25(9)37-39(33,34)29(30,31)32/h23,26-28H,8-22H2,1-7H3/t23-,26+,27+,28+/m1/s1. The number of alkyl halides is 3. The average Bonchev–Trinajstić information content (AvgIpc) is 3.28. The second kappa shape index (κ2) is 17.0. The second-order valence-corrected chi connectivity index (χ2v) is 22.5. The molecule has 0 aromatic carbocycles. The Kier molecular flexibility index (Phi) is 15.9. The highest BCUT2D eigenvalue weighted by atomic mass is 32.2. The smallest absolute Gasteiger partial charge is 0.417 e. The molecule has 0 saturated carbocycles. The number of halogens is 3. The Hall–Kier alpha value is -0.666. The number of ether oxygens (including phenoxy) is 1. The summed E-state index contributed by atoms with van der Waals surface area (Å²) in [4.78, 5) is 0. The van der Waals surface area contributed by atoms with Crippen LogP contribution in [0.4, 0.5) is 13.2 Å². The van der Waals surface area contributed by atoms with Crippen molar-refractivity contribution in [3.8, 4) is 0 Å². The quantitative estimate of drug-likeness (QED) is 0.0310. The Labute approximate surface area is 249 Å². The molecule has 0 spiro atoms. The summed E-state index contributed by atoms with van der Waals surface area (Å²) >= 11 is 0. The first kappa shape index (κ1) is 38.4. The molecule has 4 atom stereocenters. The molecule has 12 heteroatoms. The molecule has 1 fully saturated rings. The van der Waals surface area contributed by atoms with Crippen molar-refractivity contribution < 1.29 is 39.4 Å². The lowest BCUT2D eigenvalue weighted by Gasteiger charge is -2.35. The van der Waals surface area contributed by atoms with Gasteiger partial charge < -0.3 is 17.8 Å². The Morgan fingerprint density at radius 1 is 1.00 bits per heavy atom. The Bertz CT molecular complexity index is 903. The van der Waals surface area contributed by atoms with E-state index in [9.17, 15) is 21.6 Å². The van der Waals surface area contributed by atoms with E-state index in [1.165, 1.54) is 0 Å². The SMILES string of the molecule is C=C(OS(=O)(=O)C(F)(F)F)[C@H](C)C[C@H](CC[C@@H]1O[C@@H](CCCO[Si](CC)(CC)CC)CC1=C)O[Si](CC)(CC)CC. The molecule has 1 aliphatic rings. The van der Waals surface area contributed by atoms with Crippen molar-refractivity contribution in [2.45, 2.75) is 147 Å². The topological polar surface area (TPSA) is 71.1 Å². The van der Waals surface area contributed by atoms with Crippen LogP contribution in [0.2, 0.25) is 36.3 Å². The van der Waals surface area contributed by atoms with Crippen molar-refractivity contribution in [1.29, 1.82) is 0 Å². The maximum Gasteiger partial charge on any atom is 0.534 e. The summed E-state index contributed by atoms with van der Waals surface area (Å²) in [5.41, 5.74) is -4.45. The van der Waals surface area contributed by atoms with Crippen molar-refractivity contribution in [2.24, 2.45) is 5.92 Å². The fraction of sp³-hybridized carbons (Fsp3) is 0.862. The first-order valence-corrected chi connectivity index (χ1v) is 21.9. The Balaban J connectivity index is 2.82. The lowest BCUT2D eigenvalue weighted by Crippen LogP contribution is -2.41. The number of hydrogen-bond donors (Lipinski definition) is 0. The van der Waals surface area contributed by atoms with Crippen molar-refractivity contribution in [3.05, 3.63) is 24.5 Å². The molecule has 1 heterocycles. The number of allylic oxidation sites excluding steroid dienone is 1. The third-order valence-corrected chi connectivity index (χ3v) is 19.5. The molecular formula is C29H55F3O6SSi2. The number of rotatable bonds is 21. The van der Waals surface area contributed by atoms with Gasteiger partial charge in [0.1, 0.15) is 5.76 Å². The summed E-state index contributed by atoms with van der Waals surface area (Å²) in [6.45, 7) is 23.2. The molecule has 0 amide bonds. The first-order valence-electron chi connectivity index (χ1n) is 15.4. The van der Waals surface area contributed by atoms with Gasteiger partial charge >= 0.3 is 15.6 Å². The Morgan fingerprint density at radius 2 is 1.54 bits per heavy atom. The summed E-state index contributed by atoms with van der Waals surface area (Å²) in [5.74, 6) is -1.09. The van der Waals surface area contributed by atoms with E-state index >= 15 is 0 Å². The predicted molar refractivity (Wildman–Crippen MR) is 165 cm³/mol. The van der Waals surface area contributed by atoms with Gasteiger partial charge in [0.25, 0.3) is 0 Å². The molecular weight excluding hydrogens is 590 g/mol. The van der Waals surface area contributed by atoms with Crippen molar-refractivity contribution in [3.63, 3.8) is 0 Å². The molecule has 0 aromatic rings. The van der Waals surface area contributed by atoms with Crippen molar-refractivity contribution in [1.82, 2.24) is 0 Å². The number of hydrogen-bond acceptors (Lipinski definition) is 6. The van der Waals surface area contributed by atoms with Crippen LogP contribution in [0.25, 0.3) is 0 Å². The van der Waals surface area contributed by atoms with Gasteiger partial charge in [-0.1, -0.05) is 61.6 Å². The van der Waals surface area contributed by atoms with Gasteiger partial charge in [-0.2, -0.15) is 21.6 Å². The summed E-state index contributed by atoms with van der Waals surface area (Å²) in [6.07, 6.45) is 3.98. The van der Waals surface area contributed by atoms with E-state index in [4.69, 9.17) is 13.6 Å².